The van der Waals surface area contributed by atoms with Crippen molar-refractivity contribution in [3.63, 3.8) is 0 Å². The Bertz CT molecular complexity index is 200. The second-order valence-corrected chi connectivity index (χ2v) is 5.63. The van der Waals surface area contributed by atoms with Crippen LogP contribution in [0.1, 0.15) is 52.9 Å². The lowest BCUT2D eigenvalue weighted by atomic mass is 10.1. The predicted molar refractivity (Wildman–Crippen MR) is 72.2 cm³/mol. The van der Waals surface area contributed by atoms with Gasteiger partial charge in [-0.05, 0) is 44.8 Å². The largest absolute Gasteiger partial charge is 0.465 e. The van der Waals surface area contributed by atoms with E-state index in [0.717, 1.165) is 25.0 Å². The number of carbonyl (C=O) groups is 1. The molecule has 0 spiro atoms. The molecule has 17 heavy (non-hydrogen) atoms. The summed E-state index contributed by atoms with van der Waals surface area (Å²) in [6.07, 6.45) is 3.32. The van der Waals surface area contributed by atoms with Gasteiger partial charge in [-0.25, -0.2) is 4.39 Å². The summed E-state index contributed by atoms with van der Waals surface area (Å²) in [6.45, 7) is 6.22. The minimum atomic E-state index is -0.660. The Morgan fingerprint density at radius 2 is 2.06 bits per heavy atom. The molecule has 0 amide bonds. The van der Waals surface area contributed by atoms with Gasteiger partial charge < -0.3 is 4.74 Å². The maximum absolute atomic E-state index is 12.9. The molecule has 0 saturated carbocycles. The summed E-state index contributed by atoms with van der Waals surface area (Å²) in [7, 11) is 0. The Kier molecular flexibility index (Phi) is 10.7. The SMILES string of the molecule is CCCOC(=O)C(C)SCCCCC(F)CC. The average Bonchev–Trinajstić information content (AvgIpc) is 2.34. The number of ether oxygens (including phenoxy) is 1. The van der Waals surface area contributed by atoms with Crippen LogP contribution in [0.15, 0.2) is 0 Å². The molecule has 0 fully saturated rings. The van der Waals surface area contributed by atoms with Crippen molar-refractivity contribution >= 4 is 17.7 Å². The number of rotatable bonds is 10. The first kappa shape index (κ1) is 16.8. The van der Waals surface area contributed by atoms with Crippen LogP contribution in [0.5, 0.6) is 0 Å². The molecule has 2 unspecified atom stereocenters. The molecule has 4 heteroatoms. The van der Waals surface area contributed by atoms with Gasteiger partial charge in [-0.15, -0.1) is 11.8 Å². The molecule has 0 N–H and O–H groups in total. The Morgan fingerprint density at radius 3 is 2.65 bits per heavy atom. The summed E-state index contributed by atoms with van der Waals surface area (Å²) in [6, 6.07) is 0. The fraction of sp³-hybridized carbons (Fsp3) is 0.923. The lowest BCUT2D eigenvalue weighted by molar-refractivity contribution is -0.142. The molecule has 0 aliphatic rings. The number of esters is 1. The lowest BCUT2D eigenvalue weighted by Crippen LogP contribution is -2.17. The number of halogens is 1. The lowest BCUT2D eigenvalue weighted by Gasteiger charge is -2.10. The quantitative estimate of drug-likeness (QED) is 0.441. The van der Waals surface area contributed by atoms with Crippen LogP contribution in [0.2, 0.25) is 0 Å². The van der Waals surface area contributed by atoms with E-state index in [1.54, 1.807) is 11.8 Å². The molecule has 0 bridgehead atoms. The minimum Gasteiger partial charge on any atom is -0.465 e. The predicted octanol–water partition coefficient (Wildman–Crippen LogP) is 3.98. The number of unbranched alkanes of at least 4 members (excludes halogenated alkanes) is 1. The smallest absolute Gasteiger partial charge is 0.318 e. The van der Waals surface area contributed by atoms with Crippen molar-refractivity contribution in [3.8, 4) is 0 Å². The summed E-state index contributed by atoms with van der Waals surface area (Å²) < 4.78 is 18.0. The van der Waals surface area contributed by atoms with Crippen molar-refractivity contribution < 1.29 is 13.9 Å². The molecule has 0 aromatic carbocycles. The molecule has 0 radical (unpaired) electrons. The zero-order valence-electron chi connectivity index (χ0n) is 11.2. The van der Waals surface area contributed by atoms with Crippen LogP contribution in [0.4, 0.5) is 4.39 Å². The highest BCUT2D eigenvalue weighted by molar-refractivity contribution is 8.00. The van der Waals surface area contributed by atoms with E-state index in [1.807, 2.05) is 20.8 Å². The van der Waals surface area contributed by atoms with Gasteiger partial charge in [0.1, 0.15) is 0 Å². The fourth-order valence-corrected chi connectivity index (χ4v) is 2.25. The van der Waals surface area contributed by atoms with E-state index in [0.29, 0.717) is 19.4 Å². The van der Waals surface area contributed by atoms with E-state index < -0.39 is 6.17 Å². The van der Waals surface area contributed by atoms with Gasteiger partial charge in [0.25, 0.3) is 0 Å². The third-order valence-electron chi connectivity index (χ3n) is 2.50. The second-order valence-electron chi connectivity index (χ2n) is 4.18. The zero-order chi connectivity index (χ0) is 13.1. The van der Waals surface area contributed by atoms with Crippen LogP contribution in [0.25, 0.3) is 0 Å². The molecule has 0 saturated heterocycles. The molecular formula is C13H25FO2S. The third kappa shape index (κ3) is 9.45. The van der Waals surface area contributed by atoms with Crippen LogP contribution in [0, 0.1) is 0 Å². The first-order valence-electron chi connectivity index (χ1n) is 6.54. The summed E-state index contributed by atoms with van der Waals surface area (Å²) in [5.74, 6) is 0.771. The molecule has 0 aliphatic heterocycles. The number of hydrogen-bond donors (Lipinski definition) is 0. The topological polar surface area (TPSA) is 26.3 Å². The highest BCUT2D eigenvalue weighted by Crippen LogP contribution is 2.16. The van der Waals surface area contributed by atoms with Crippen molar-refractivity contribution in [1.29, 1.82) is 0 Å². The van der Waals surface area contributed by atoms with Gasteiger partial charge in [-0.1, -0.05) is 13.8 Å². The van der Waals surface area contributed by atoms with Crippen molar-refractivity contribution in [2.45, 2.75) is 64.3 Å². The first-order chi connectivity index (χ1) is 8.11. The maximum Gasteiger partial charge on any atom is 0.318 e. The Labute approximate surface area is 109 Å². The molecule has 2 atom stereocenters. The van der Waals surface area contributed by atoms with Crippen molar-refractivity contribution in [3.05, 3.63) is 0 Å². The molecule has 0 rings (SSSR count). The van der Waals surface area contributed by atoms with Gasteiger partial charge in [-0.3, -0.25) is 4.79 Å². The molecule has 0 aliphatic carbocycles. The number of hydrogen-bond acceptors (Lipinski definition) is 3. The Hall–Kier alpha value is -0.250. The van der Waals surface area contributed by atoms with Crippen LogP contribution in [0.3, 0.4) is 0 Å². The van der Waals surface area contributed by atoms with Crippen LogP contribution < -0.4 is 0 Å². The normalized spacial score (nSPS) is 14.4. The highest BCUT2D eigenvalue weighted by atomic mass is 32.2. The molecule has 2 nitrogen and oxygen atoms in total. The van der Waals surface area contributed by atoms with Crippen molar-refractivity contribution in [1.82, 2.24) is 0 Å². The standard InChI is InChI=1S/C13H25FO2S/c1-4-9-16-13(15)11(3)17-10-7-6-8-12(14)5-2/h11-12H,4-10H2,1-3H3. The van der Waals surface area contributed by atoms with E-state index in [1.165, 1.54) is 0 Å². The van der Waals surface area contributed by atoms with Crippen LogP contribution >= 0.6 is 11.8 Å². The van der Waals surface area contributed by atoms with Gasteiger partial charge in [0.2, 0.25) is 0 Å². The molecular weight excluding hydrogens is 239 g/mol. The Balaban J connectivity index is 3.44. The second kappa shape index (κ2) is 10.9. The van der Waals surface area contributed by atoms with Crippen molar-refractivity contribution in [2.75, 3.05) is 12.4 Å². The van der Waals surface area contributed by atoms with Gasteiger partial charge in [-0.2, -0.15) is 0 Å². The number of alkyl halides is 1. The minimum absolute atomic E-state index is 0.103. The monoisotopic (exact) mass is 264 g/mol. The van der Waals surface area contributed by atoms with Gasteiger partial charge in [0, 0.05) is 0 Å². The van der Waals surface area contributed by atoms with Crippen molar-refractivity contribution in [2.24, 2.45) is 0 Å². The van der Waals surface area contributed by atoms with Crippen LogP contribution in [-0.2, 0) is 9.53 Å². The van der Waals surface area contributed by atoms with Gasteiger partial charge >= 0.3 is 5.97 Å². The molecule has 0 heterocycles. The Morgan fingerprint density at radius 1 is 1.35 bits per heavy atom. The van der Waals surface area contributed by atoms with E-state index in [-0.39, 0.29) is 11.2 Å². The maximum atomic E-state index is 12.9. The molecule has 0 aromatic rings. The summed E-state index contributed by atoms with van der Waals surface area (Å²) in [5, 5.41) is -0.103. The number of thioether (sulfide) groups is 1. The average molecular weight is 264 g/mol. The molecule has 102 valence electrons. The molecule has 0 aromatic heterocycles. The van der Waals surface area contributed by atoms with E-state index >= 15 is 0 Å². The first-order valence-corrected chi connectivity index (χ1v) is 7.59. The van der Waals surface area contributed by atoms with Crippen LogP contribution in [-0.4, -0.2) is 29.8 Å². The highest BCUT2D eigenvalue weighted by Gasteiger charge is 2.14. The van der Waals surface area contributed by atoms with E-state index in [2.05, 4.69) is 0 Å². The summed E-state index contributed by atoms with van der Waals surface area (Å²) in [4.78, 5) is 11.4. The number of carbonyl (C=O) groups excluding carboxylic acids is 1. The van der Waals surface area contributed by atoms with Gasteiger partial charge in [0.15, 0.2) is 0 Å². The summed E-state index contributed by atoms with van der Waals surface area (Å²) in [5.41, 5.74) is 0. The van der Waals surface area contributed by atoms with Gasteiger partial charge in [0.05, 0.1) is 18.0 Å². The zero-order valence-corrected chi connectivity index (χ0v) is 12.0. The van der Waals surface area contributed by atoms with E-state index in [9.17, 15) is 9.18 Å². The third-order valence-corrected chi connectivity index (χ3v) is 3.72. The summed E-state index contributed by atoms with van der Waals surface area (Å²) >= 11 is 1.60. The fourth-order valence-electron chi connectivity index (χ4n) is 1.32. The van der Waals surface area contributed by atoms with E-state index in [4.69, 9.17) is 4.74 Å².